The average Bonchev–Trinajstić information content (AvgIpc) is 3.51. The van der Waals surface area contributed by atoms with Crippen molar-refractivity contribution in [3.8, 4) is 5.75 Å². The SMILES string of the molecule is CCCCCCCCCCCCC(Oc1ccc(NS(=O)(=O)CCCC)cc1)C(=O)Nc1nn2nc(C(C)(C)C)c(Cl)c2[nH]1. The Balaban J connectivity index is 1.63. The van der Waals surface area contributed by atoms with Crippen molar-refractivity contribution < 1.29 is 17.9 Å². The van der Waals surface area contributed by atoms with Crippen LogP contribution in [-0.4, -0.2) is 46.0 Å². The van der Waals surface area contributed by atoms with Gasteiger partial charge in [-0.2, -0.15) is 5.10 Å². The molecule has 0 bridgehead atoms. The number of fused-ring (bicyclic) bond motifs is 1. The van der Waals surface area contributed by atoms with E-state index in [0.717, 1.165) is 25.7 Å². The van der Waals surface area contributed by atoms with E-state index in [1.165, 1.54) is 49.6 Å². The van der Waals surface area contributed by atoms with E-state index in [1.807, 2.05) is 27.7 Å². The first kappa shape index (κ1) is 35.7. The number of sulfonamides is 1. The fourth-order valence-electron chi connectivity index (χ4n) is 4.92. The molecule has 1 amide bonds. The van der Waals surface area contributed by atoms with E-state index >= 15 is 0 Å². The van der Waals surface area contributed by atoms with Gasteiger partial charge in [0.15, 0.2) is 11.8 Å². The molecular formula is C32H51ClN6O4S. The Kier molecular flexibility index (Phi) is 13.8. The smallest absolute Gasteiger partial charge is 0.267 e. The lowest BCUT2D eigenvalue weighted by molar-refractivity contribution is -0.123. The molecule has 246 valence electrons. The van der Waals surface area contributed by atoms with Gasteiger partial charge in [-0.1, -0.05) is 110 Å². The fourth-order valence-corrected chi connectivity index (χ4v) is 6.63. The van der Waals surface area contributed by atoms with Crippen LogP contribution in [0.1, 0.15) is 124 Å². The molecule has 0 saturated heterocycles. The Morgan fingerprint density at radius 1 is 0.932 bits per heavy atom. The highest BCUT2D eigenvalue weighted by atomic mass is 35.5. The molecule has 1 unspecified atom stereocenters. The second-order valence-electron chi connectivity index (χ2n) is 12.6. The lowest BCUT2D eigenvalue weighted by Crippen LogP contribution is -2.33. The first-order chi connectivity index (χ1) is 20.9. The Morgan fingerprint density at radius 2 is 1.52 bits per heavy atom. The van der Waals surface area contributed by atoms with Gasteiger partial charge in [-0.25, -0.2) is 8.42 Å². The van der Waals surface area contributed by atoms with Crippen molar-refractivity contribution in [2.45, 2.75) is 130 Å². The Morgan fingerprint density at radius 3 is 2.09 bits per heavy atom. The number of hydrogen-bond donors (Lipinski definition) is 3. The van der Waals surface area contributed by atoms with Gasteiger partial charge < -0.3 is 9.72 Å². The van der Waals surface area contributed by atoms with Crippen LogP contribution >= 0.6 is 11.6 Å². The van der Waals surface area contributed by atoms with E-state index in [0.29, 0.717) is 40.6 Å². The number of halogens is 1. The van der Waals surface area contributed by atoms with Crippen LogP contribution in [0.25, 0.3) is 5.65 Å². The summed E-state index contributed by atoms with van der Waals surface area (Å²) >= 11 is 6.56. The van der Waals surface area contributed by atoms with Crippen LogP contribution in [0.2, 0.25) is 5.02 Å². The standard InChI is InChI=1S/C32H51ClN6O4S/c1-6-8-10-11-12-13-14-15-16-17-18-26(43-25-21-19-24(20-22-25)38-44(41,42)23-9-7-2)30(40)35-31-34-29-27(33)28(32(3,4)5)36-39(29)37-31/h19-22,26,38H,6-18,23H2,1-5H3,(H2,34,35,37,40). The summed E-state index contributed by atoms with van der Waals surface area (Å²) < 4.78 is 34.7. The normalized spacial score (nSPS) is 12.9. The summed E-state index contributed by atoms with van der Waals surface area (Å²) in [6.45, 7) is 10.2. The number of amides is 1. The van der Waals surface area contributed by atoms with E-state index in [9.17, 15) is 13.2 Å². The molecule has 3 aromatic rings. The van der Waals surface area contributed by atoms with Crippen molar-refractivity contribution in [2.75, 3.05) is 15.8 Å². The van der Waals surface area contributed by atoms with Crippen LogP contribution in [0, 0.1) is 0 Å². The number of rotatable bonds is 20. The summed E-state index contributed by atoms with van der Waals surface area (Å²) in [5.41, 5.74) is 1.42. The quantitative estimate of drug-likeness (QED) is 0.106. The van der Waals surface area contributed by atoms with Crippen LogP contribution in [0.3, 0.4) is 0 Å². The Hall–Kier alpha value is -2.79. The van der Waals surface area contributed by atoms with Gasteiger partial charge in [-0.3, -0.25) is 14.8 Å². The number of nitrogens with one attached hydrogen (secondary N) is 3. The van der Waals surface area contributed by atoms with Crippen molar-refractivity contribution >= 4 is 44.8 Å². The number of hydrogen-bond acceptors (Lipinski definition) is 6. The predicted octanol–water partition coefficient (Wildman–Crippen LogP) is 8.25. The molecule has 1 aromatic carbocycles. The summed E-state index contributed by atoms with van der Waals surface area (Å²) in [7, 11) is -3.41. The van der Waals surface area contributed by atoms with Crippen molar-refractivity contribution in [2.24, 2.45) is 0 Å². The second kappa shape index (κ2) is 17.1. The monoisotopic (exact) mass is 650 g/mol. The largest absolute Gasteiger partial charge is 0.481 e. The van der Waals surface area contributed by atoms with Gasteiger partial charge in [0.1, 0.15) is 10.8 Å². The van der Waals surface area contributed by atoms with Gasteiger partial charge in [0.2, 0.25) is 16.0 Å². The highest BCUT2D eigenvalue weighted by Crippen LogP contribution is 2.31. The maximum absolute atomic E-state index is 13.4. The minimum absolute atomic E-state index is 0.0726. The zero-order chi connectivity index (χ0) is 32.2. The molecule has 0 aliphatic heterocycles. The van der Waals surface area contributed by atoms with Gasteiger partial charge in [0, 0.05) is 11.1 Å². The number of ether oxygens (including phenoxy) is 1. The minimum atomic E-state index is -3.41. The number of aromatic nitrogens is 4. The van der Waals surface area contributed by atoms with Crippen molar-refractivity contribution in [3.05, 3.63) is 35.0 Å². The van der Waals surface area contributed by atoms with Crippen molar-refractivity contribution in [1.29, 1.82) is 0 Å². The highest BCUT2D eigenvalue weighted by Gasteiger charge is 2.26. The number of carbonyl (C=O) groups is 1. The number of aromatic amines is 1. The zero-order valence-electron chi connectivity index (χ0n) is 27.0. The number of benzene rings is 1. The average molecular weight is 651 g/mol. The molecular weight excluding hydrogens is 600 g/mol. The summed E-state index contributed by atoms with van der Waals surface area (Å²) in [4.78, 5) is 16.5. The van der Waals surface area contributed by atoms with Crippen LogP contribution < -0.4 is 14.8 Å². The molecule has 0 aliphatic rings. The van der Waals surface area contributed by atoms with Crippen LogP contribution in [-0.2, 0) is 20.2 Å². The molecule has 0 aliphatic carbocycles. The molecule has 2 aromatic heterocycles. The van der Waals surface area contributed by atoms with Gasteiger partial charge in [0.05, 0.1) is 11.4 Å². The topological polar surface area (TPSA) is 130 Å². The number of anilines is 2. The van der Waals surface area contributed by atoms with E-state index in [1.54, 1.807) is 24.3 Å². The summed E-state index contributed by atoms with van der Waals surface area (Å²) in [6.07, 6.45) is 13.1. The molecule has 0 fully saturated rings. The summed E-state index contributed by atoms with van der Waals surface area (Å²) in [6, 6.07) is 6.63. The highest BCUT2D eigenvalue weighted by molar-refractivity contribution is 7.92. The number of H-pyrrole nitrogens is 1. The van der Waals surface area contributed by atoms with Gasteiger partial charge in [-0.15, -0.1) is 9.73 Å². The van der Waals surface area contributed by atoms with Gasteiger partial charge >= 0.3 is 0 Å². The maximum atomic E-state index is 13.4. The lowest BCUT2D eigenvalue weighted by Gasteiger charge is -2.18. The molecule has 3 rings (SSSR count). The fraction of sp³-hybridized carbons (Fsp3) is 0.656. The third-order valence-corrected chi connectivity index (χ3v) is 9.21. The molecule has 2 heterocycles. The molecule has 10 nitrogen and oxygen atoms in total. The molecule has 12 heteroatoms. The molecule has 0 spiro atoms. The Labute approximate surface area is 268 Å². The summed E-state index contributed by atoms with van der Waals surface area (Å²) in [5.74, 6) is 0.437. The zero-order valence-corrected chi connectivity index (χ0v) is 28.6. The van der Waals surface area contributed by atoms with Crippen LogP contribution in [0.4, 0.5) is 11.6 Å². The van der Waals surface area contributed by atoms with E-state index in [4.69, 9.17) is 16.3 Å². The van der Waals surface area contributed by atoms with Crippen molar-refractivity contribution in [3.63, 3.8) is 0 Å². The van der Waals surface area contributed by atoms with E-state index in [-0.39, 0.29) is 23.0 Å². The predicted molar refractivity (Wildman–Crippen MR) is 179 cm³/mol. The first-order valence-corrected chi connectivity index (χ1v) is 18.2. The third kappa shape index (κ3) is 11.3. The molecule has 1 atom stereocenters. The second-order valence-corrected chi connectivity index (χ2v) is 14.8. The molecule has 44 heavy (non-hydrogen) atoms. The van der Waals surface area contributed by atoms with E-state index < -0.39 is 16.1 Å². The molecule has 0 saturated carbocycles. The number of unbranched alkanes of at least 4 members (excludes halogenated alkanes) is 10. The number of nitrogens with zero attached hydrogens (tertiary/aromatic N) is 3. The lowest BCUT2D eigenvalue weighted by atomic mass is 9.92. The van der Waals surface area contributed by atoms with Gasteiger partial charge in [0.25, 0.3) is 5.91 Å². The van der Waals surface area contributed by atoms with Crippen LogP contribution in [0.15, 0.2) is 24.3 Å². The first-order valence-electron chi connectivity index (χ1n) is 16.2. The summed E-state index contributed by atoms with van der Waals surface area (Å²) in [5, 5.41) is 12.2. The third-order valence-electron chi connectivity index (χ3n) is 7.48. The van der Waals surface area contributed by atoms with Crippen LogP contribution in [0.5, 0.6) is 5.75 Å². The van der Waals surface area contributed by atoms with Gasteiger partial charge in [-0.05, 0) is 43.5 Å². The molecule has 3 N–H and O–H groups in total. The number of carbonyl (C=O) groups excluding carboxylic acids is 1. The van der Waals surface area contributed by atoms with Crippen molar-refractivity contribution in [1.82, 2.24) is 19.8 Å². The van der Waals surface area contributed by atoms with E-state index in [2.05, 4.69) is 32.1 Å². The molecule has 0 radical (unpaired) electrons. The Bertz CT molecular complexity index is 1410. The maximum Gasteiger partial charge on any atom is 0.267 e. The minimum Gasteiger partial charge on any atom is -0.481 e.